The van der Waals surface area contributed by atoms with Crippen LogP contribution in [0.4, 0.5) is 0 Å². The normalized spacial score (nSPS) is 19.1. The molecule has 22 heavy (non-hydrogen) atoms. The molecule has 1 aliphatic rings. The van der Waals surface area contributed by atoms with E-state index in [4.69, 9.17) is 9.05 Å². The van der Waals surface area contributed by atoms with Crippen molar-refractivity contribution in [1.29, 1.82) is 0 Å². The second-order valence-electron chi connectivity index (χ2n) is 5.77. The van der Waals surface area contributed by atoms with E-state index in [2.05, 4.69) is 6.92 Å². The maximum Gasteiger partial charge on any atom is 0.343 e. The van der Waals surface area contributed by atoms with Crippen LogP contribution in [0, 0.1) is 0 Å². The Morgan fingerprint density at radius 2 is 1.64 bits per heavy atom. The zero-order chi connectivity index (χ0) is 16.4. The lowest BCUT2D eigenvalue weighted by atomic mass is 10.1. The minimum atomic E-state index is -3.31. The Kier molecular flexibility index (Phi) is 9.30. The first kappa shape index (κ1) is 19.7. The van der Waals surface area contributed by atoms with Crippen LogP contribution >= 0.6 is 7.60 Å². The van der Waals surface area contributed by atoms with Gasteiger partial charge < -0.3 is 13.9 Å². The van der Waals surface area contributed by atoms with Gasteiger partial charge in [0.05, 0.1) is 13.2 Å². The van der Waals surface area contributed by atoms with E-state index in [0.717, 1.165) is 19.4 Å². The maximum absolute atomic E-state index is 12.7. The van der Waals surface area contributed by atoms with Crippen molar-refractivity contribution < 1.29 is 18.4 Å². The van der Waals surface area contributed by atoms with Gasteiger partial charge >= 0.3 is 7.60 Å². The van der Waals surface area contributed by atoms with Gasteiger partial charge in [-0.25, -0.2) is 0 Å². The summed E-state index contributed by atoms with van der Waals surface area (Å²) in [6.07, 6.45) is 7.80. The van der Waals surface area contributed by atoms with Gasteiger partial charge in [-0.15, -0.1) is 0 Å². The molecule has 1 atom stereocenters. The number of hydrogen-bond donors (Lipinski definition) is 0. The SMILES string of the molecule is CCCCCCCCN1CCC(P(=O)(OCC)OCC)C1=O. The number of likely N-dealkylation sites (tertiary alicyclic amines) is 1. The van der Waals surface area contributed by atoms with Crippen LogP contribution in [0.15, 0.2) is 0 Å². The molecule has 0 aromatic carbocycles. The molecule has 0 aromatic rings. The summed E-state index contributed by atoms with van der Waals surface area (Å²) in [6, 6.07) is 0. The maximum atomic E-state index is 12.7. The topological polar surface area (TPSA) is 55.8 Å². The zero-order valence-electron chi connectivity index (χ0n) is 14.4. The Morgan fingerprint density at radius 3 is 2.23 bits per heavy atom. The molecule has 0 spiro atoms. The molecule has 5 nitrogen and oxygen atoms in total. The summed E-state index contributed by atoms with van der Waals surface area (Å²) in [4.78, 5) is 14.3. The van der Waals surface area contributed by atoms with Crippen molar-refractivity contribution in [2.24, 2.45) is 0 Å². The Labute approximate surface area is 135 Å². The third-order valence-electron chi connectivity index (χ3n) is 4.05. The minimum absolute atomic E-state index is 0.0567. The predicted octanol–water partition coefficient (Wildman–Crippen LogP) is 4.21. The van der Waals surface area contributed by atoms with Gasteiger partial charge in [-0.2, -0.15) is 0 Å². The van der Waals surface area contributed by atoms with Gasteiger partial charge in [-0.05, 0) is 26.7 Å². The summed E-state index contributed by atoms with van der Waals surface area (Å²) in [5.41, 5.74) is -0.604. The lowest BCUT2D eigenvalue weighted by Gasteiger charge is -2.22. The fourth-order valence-electron chi connectivity index (χ4n) is 2.90. The van der Waals surface area contributed by atoms with E-state index < -0.39 is 13.3 Å². The molecule has 0 saturated carbocycles. The number of nitrogens with zero attached hydrogens (tertiary/aromatic N) is 1. The molecule has 0 radical (unpaired) electrons. The Bertz CT molecular complexity index is 365. The molecule has 0 aromatic heterocycles. The number of hydrogen-bond acceptors (Lipinski definition) is 4. The van der Waals surface area contributed by atoms with E-state index >= 15 is 0 Å². The standard InChI is InChI=1S/C16H32NO4P/c1-4-7-8-9-10-11-13-17-14-12-15(16(17)18)22(19,20-5-2)21-6-3/h15H,4-14H2,1-3H3. The molecule has 1 amide bonds. The molecule has 0 bridgehead atoms. The first-order valence-corrected chi connectivity index (χ1v) is 10.4. The Hall–Kier alpha value is -0.380. The molecule has 1 heterocycles. The molecule has 0 N–H and O–H groups in total. The van der Waals surface area contributed by atoms with Crippen molar-refractivity contribution in [3.63, 3.8) is 0 Å². The molecule has 1 aliphatic heterocycles. The van der Waals surface area contributed by atoms with Crippen LogP contribution in [-0.2, 0) is 18.4 Å². The fourth-order valence-corrected chi connectivity index (χ4v) is 4.92. The second kappa shape index (κ2) is 10.4. The van der Waals surface area contributed by atoms with Crippen molar-refractivity contribution >= 4 is 13.5 Å². The molecule has 1 fully saturated rings. The molecular weight excluding hydrogens is 301 g/mol. The molecular formula is C16H32NO4P. The zero-order valence-corrected chi connectivity index (χ0v) is 15.3. The summed E-state index contributed by atoms with van der Waals surface area (Å²) >= 11 is 0. The first-order chi connectivity index (χ1) is 10.6. The van der Waals surface area contributed by atoms with Crippen LogP contribution in [0.1, 0.15) is 65.7 Å². The van der Waals surface area contributed by atoms with Crippen LogP contribution < -0.4 is 0 Å². The Balaban J connectivity index is 2.42. The largest absolute Gasteiger partial charge is 0.343 e. The average molecular weight is 333 g/mol. The van der Waals surface area contributed by atoms with Crippen molar-refractivity contribution in [3.05, 3.63) is 0 Å². The molecule has 130 valence electrons. The fraction of sp³-hybridized carbons (Fsp3) is 0.938. The predicted molar refractivity (Wildman–Crippen MR) is 89.2 cm³/mol. The number of rotatable bonds is 12. The highest BCUT2D eigenvalue weighted by Crippen LogP contribution is 2.56. The number of carbonyl (C=O) groups is 1. The van der Waals surface area contributed by atoms with Gasteiger partial charge in [0.15, 0.2) is 0 Å². The van der Waals surface area contributed by atoms with E-state index in [0.29, 0.717) is 26.2 Å². The molecule has 1 rings (SSSR count). The summed E-state index contributed by atoms with van der Waals surface area (Å²) < 4.78 is 23.4. The van der Waals surface area contributed by atoms with E-state index in [9.17, 15) is 9.36 Å². The minimum Gasteiger partial charge on any atom is -0.342 e. The van der Waals surface area contributed by atoms with E-state index in [1.807, 2.05) is 4.90 Å². The van der Waals surface area contributed by atoms with Crippen LogP contribution in [0.3, 0.4) is 0 Å². The van der Waals surface area contributed by atoms with E-state index in [1.54, 1.807) is 13.8 Å². The average Bonchev–Trinajstić information content (AvgIpc) is 2.85. The lowest BCUT2D eigenvalue weighted by Crippen LogP contribution is -2.31. The van der Waals surface area contributed by atoms with Crippen LogP contribution in [0.5, 0.6) is 0 Å². The van der Waals surface area contributed by atoms with Gasteiger partial charge in [-0.1, -0.05) is 39.0 Å². The number of unbranched alkanes of at least 4 members (excludes halogenated alkanes) is 5. The summed E-state index contributed by atoms with van der Waals surface area (Å²) in [7, 11) is -3.31. The van der Waals surface area contributed by atoms with E-state index in [1.165, 1.54) is 25.7 Å². The summed E-state index contributed by atoms with van der Waals surface area (Å²) in [5.74, 6) is -0.0567. The van der Waals surface area contributed by atoms with E-state index in [-0.39, 0.29) is 5.91 Å². The second-order valence-corrected chi connectivity index (χ2v) is 7.99. The van der Waals surface area contributed by atoms with Crippen LogP contribution in [-0.4, -0.2) is 42.8 Å². The third kappa shape index (κ3) is 5.68. The van der Waals surface area contributed by atoms with Crippen LogP contribution in [0.25, 0.3) is 0 Å². The van der Waals surface area contributed by atoms with Crippen molar-refractivity contribution in [1.82, 2.24) is 4.90 Å². The Morgan fingerprint density at radius 1 is 1.05 bits per heavy atom. The van der Waals surface area contributed by atoms with Crippen molar-refractivity contribution in [2.75, 3.05) is 26.3 Å². The highest BCUT2D eigenvalue weighted by molar-refractivity contribution is 7.55. The first-order valence-electron chi connectivity index (χ1n) is 8.76. The van der Waals surface area contributed by atoms with Gasteiger partial charge in [0.25, 0.3) is 0 Å². The monoisotopic (exact) mass is 333 g/mol. The molecule has 6 heteroatoms. The van der Waals surface area contributed by atoms with Crippen molar-refractivity contribution in [2.45, 2.75) is 71.4 Å². The number of carbonyl (C=O) groups excluding carboxylic acids is 1. The molecule has 0 aliphatic carbocycles. The summed E-state index contributed by atoms with van der Waals surface area (Å²) in [5, 5.41) is 0. The highest BCUT2D eigenvalue weighted by atomic mass is 31.2. The van der Waals surface area contributed by atoms with Crippen LogP contribution in [0.2, 0.25) is 0 Å². The quantitative estimate of drug-likeness (QED) is 0.396. The summed E-state index contributed by atoms with van der Waals surface area (Å²) in [6.45, 7) is 7.80. The third-order valence-corrected chi connectivity index (χ3v) is 6.53. The number of amides is 1. The van der Waals surface area contributed by atoms with Gasteiger partial charge in [0, 0.05) is 13.1 Å². The van der Waals surface area contributed by atoms with Crippen molar-refractivity contribution in [3.8, 4) is 0 Å². The lowest BCUT2D eigenvalue weighted by molar-refractivity contribution is -0.127. The smallest absolute Gasteiger partial charge is 0.342 e. The molecule has 1 unspecified atom stereocenters. The van der Waals surface area contributed by atoms with Gasteiger partial charge in [-0.3, -0.25) is 9.36 Å². The molecule has 1 saturated heterocycles. The highest BCUT2D eigenvalue weighted by Gasteiger charge is 2.46. The van der Waals surface area contributed by atoms with Gasteiger partial charge in [0.1, 0.15) is 5.66 Å². The van der Waals surface area contributed by atoms with Gasteiger partial charge in [0.2, 0.25) is 5.91 Å².